The fourth-order valence-electron chi connectivity index (χ4n) is 2.89. The molecule has 2 atom stereocenters. The normalized spacial score (nSPS) is 25.6. The third-order valence-corrected chi connectivity index (χ3v) is 4.37. The zero-order valence-electron chi connectivity index (χ0n) is 12.2. The van der Waals surface area contributed by atoms with Gasteiger partial charge in [0.1, 0.15) is 0 Å². The van der Waals surface area contributed by atoms with Crippen LogP contribution in [0, 0.1) is 5.41 Å². The van der Waals surface area contributed by atoms with Gasteiger partial charge in [-0.3, -0.25) is 0 Å². The number of hydrogen-bond acceptors (Lipinski definition) is 4. The van der Waals surface area contributed by atoms with Gasteiger partial charge in [0.15, 0.2) is 0 Å². The lowest BCUT2D eigenvalue weighted by molar-refractivity contribution is 0.0600. The topological polar surface area (TPSA) is 58.6 Å². The third-order valence-electron chi connectivity index (χ3n) is 4.37. The van der Waals surface area contributed by atoms with Crippen molar-refractivity contribution in [3.8, 4) is 0 Å². The van der Waals surface area contributed by atoms with E-state index in [2.05, 4.69) is 17.0 Å². The number of esters is 1. The molecule has 2 rings (SSSR count). The van der Waals surface area contributed by atoms with E-state index < -0.39 is 0 Å². The highest BCUT2D eigenvalue weighted by atomic mass is 16.5. The molecule has 0 amide bonds. The van der Waals surface area contributed by atoms with Crippen LogP contribution in [0.15, 0.2) is 24.3 Å². The van der Waals surface area contributed by atoms with Crippen LogP contribution in [0.5, 0.6) is 0 Å². The van der Waals surface area contributed by atoms with E-state index in [-0.39, 0.29) is 18.0 Å². The summed E-state index contributed by atoms with van der Waals surface area (Å²) < 4.78 is 4.68. The van der Waals surface area contributed by atoms with Gasteiger partial charge >= 0.3 is 5.97 Å². The third kappa shape index (κ3) is 3.19. The second-order valence-electron chi connectivity index (χ2n) is 5.83. The molecule has 0 aromatic heterocycles. The highest BCUT2D eigenvalue weighted by Crippen LogP contribution is 2.37. The zero-order valence-corrected chi connectivity index (χ0v) is 12.2. The van der Waals surface area contributed by atoms with Crippen molar-refractivity contribution in [1.29, 1.82) is 0 Å². The Balaban J connectivity index is 1.93. The van der Waals surface area contributed by atoms with Crippen molar-refractivity contribution >= 4 is 5.97 Å². The Labute approximate surface area is 120 Å². The van der Waals surface area contributed by atoms with Crippen LogP contribution < -0.4 is 5.32 Å². The summed E-state index contributed by atoms with van der Waals surface area (Å²) in [6.07, 6.45) is 3.34. The smallest absolute Gasteiger partial charge is 0.337 e. The summed E-state index contributed by atoms with van der Waals surface area (Å²) in [6, 6.07) is 7.79. The van der Waals surface area contributed by atoms with Crippen molar-refractivity contribution in [2.45, 2.75) is 38.8 Å². The highest BCUT2D eigenvalue weighted by molar-refractivity contribution is 5.89. The van der Waals surface area contributed by atoms with Crippen molar-refractivity contribution < 1.29 is 14.6 Å². The van der Waals surface area contributed by atoms with Gasteiger partial charge in [-0.05, 0) is 30.5 Å². The van der Waals surface area contributed by atoms with E-state index in [1.54, 1.807) is 12.1 Å². The van der Waals surface area contributed by atoms with E-state index in [0.717, 1.165) is 31.4 Å². The molecule has 0 bridgehead atoms. The summed E-state index contributed by atoms with van der Waals surface area (Å²) >= 11 is 0. The Bertz CT molecular complexity index is 457. The maximum atomic E-state index is 11.4. The number of aliphatic hydroxyl groups is 1. The molecule has 4 heteroatoms. The largest absolute Gasteiger partial charge is 0.465 e. The maximum Gasteiger partial charge on any atom is 0.337 e. The number of hydrogen-bond donors (Lipinski definition) is 2. The molecule has 0 radical (unpaired) electrons. The molecule has 1 aliphatic rings. The fraction of sp³-hybridized carbons (Fsp3) is 0.562. The molecule has 0 saturated heterocycles. The summed E-state index contributed by atoms with van der Waals surface area (Å²) in [7, 11) is 1.38. The molecular weight excluding hydrogens is 254 g/mol. The zero-order chi connectivity index (χ0) is 14.6. The summed E-state index contributed by atoms with van der Waals surface area (Å²) in [5.41, 5.74) is 1.69. The van der Waals surface area contributed by atoms with Crippen LogP contribution in [-0.4, -0.2) is 30.8 Å². The molecular formula is C16H23NO3. The van der Waals surface area contributed by atoms with Crippen molar-refractivity contribution in [2.75, 3.05) is 13.7 Å². The number of benzene rings is 1. The summed E-state index contributed by atoms with van der Waals surface area (Å²) in [5, 5.41) is 13.1. The van der Waals surface area contributed by atoms with E-state index in [1.807, 2.05) is 12.1 Å². The van der Waals surface area contributed by atoms with E-state index >= 15 is 0 Å². The van der Waals surface area contributed by atoms with Crippen LogP contribution in [0.4, 0.5) is 0 Å². The molecule has 20 heavy (non-hydrogen) atoms. The molecule has 1 fully saturated rings. The van der Waals surface area contributed by atoms with E-state index in [9.17, 15) is 9.90 Å². The number of methoxy groups -OCH3 is 1. The monoisotopic (exact) mass is 277 g/mol. The van der Waals surface area contributed by atoms with Crippen molar-refractivity contribution in [3.05, 3.63) is 35.4 Å². The lowest BCUT2D eigenvalue weighted by atomic mass is 9.86. The average molecular weight is 277 g/mol. The maximum absolute atomic E-state index is 11.4. The van der Waals surface area contributed by atoms with Gasteiger partial charge in [0.2, 0.25) is 0 Å². The minimum absolute atomic E-state index is 0.00798. The van der Waals surface area contributed by atoms with Crippen molar-refractivity contribution in [3.63, 3.8) is 0 Å². The van der Waals surface area contributed by atoms with Gasteiger partial charge < -0.3 is 15.2 Å². The van der Waals surface area contributed by atoms with Gasteiger partial charge in [0.05, 0.1) is 12.7 Å². The number of nitrogens with one attached hydrogen (secondary N) is 1. The van der Waals surface area contributed by atoms with Gasteiger partial charge in [-0.1, -0.05) is 25.5 Å². The number of aliphatic hydroxyl groups excluding tert-OH is 1. The summed E-state index contributed by atoms with van der Waals surface area (Å²) in [5.74, 6) is -0.312. The van der Waals surface area contributed by atoms with Crippen LogP contribution in [0.2, 0.25) is 0 Å². The number of ether oxygens (including phenoxy) is 1. The summed E-state index contributed by atoms with van der Waals surface area (Å²) in [4.78, 5) is 11.4. The molecule has 4 nitrogen and oxygen atoms in total. The Morgan fingerprint density at radius 1 is 1.45 bits per heavy atom. The number of carbonyl (C=O) groups is 1. The first-order valence-corrected chi connectivity index (χ1v) is 7.10. The van der Waals surface area contributed by atoms with Crippen LogP contribution in [0.25, 0.3) is 0 Å². The predicted octanol–water partition coefficient (Wildman–Crippen LogP) is 2.11. The lowest BCUT2D eigenvalue weighted by Gasteiger charge is -2.30. The van der Waals surface area contributed by atoms with Gasteiger partial charge in [-0.25, -0.2) is 4.79 Å². The molecule has 1 aromatic rings. The molecule has 1 aromatic carbocycles. The van der Waals surface area contributed by atoms with Crippen molar-refractivity contribution in [2.24, 2.45) is 5.41 Å². The van der Waals surface area contributed by atoms with Crippen LogP contribution >= 0.6 is 0 Å². The molecule has 110 valence electrons. The molecule has 0 heterocycles. The Morgan fingerprint density at radius 2 is 2.15 bits per heavy atom. The van der Waals surface area contributed by atoms with Gasteiger partial charge in [0, 0.05) is 24.6 Å². The predicted molar refractivity (Wildman–Crippen MR) is 77.5 cm³/mol. The number of carbonyl (C=O) groups excluding carboxylic acids is 1. The molecule has 0 unspecified atom stereocenters. The Kier molecular flexibility index (Phi) is 4.78. The van der Waals surface area contributed by atoms with Gasteiger partial charge in [0.25, 0.3) is 0 Å². The average Bonchev–Trinajstić information content (AvgIpc) is 2.86. The van der Waals surface area contributed by atoms with E-state index in [4.69, 9.17) is 0 Å². The standard InChI is InChI=1S/C16H23NO3/c1-16(11-18)9-3-4-14(16)17-10-12-5-7-13(8-6-12)15(19)20-2/h5-8,14,17-18H,3-4,9-11H2,1-2H3/t14-,16-/m1/s1. The first-order chi connectivity index (χ1) is 9.59. The quantitative estimate of drug-likeness (QED) is 0.809. The minimum atomic E-state index is -0.312. The highest BCUT2D eigenvalue weighted by Gasteiger charge is 2.37. The van der Waals surface area contributed by atoms with E-state index in [1.165, 1.54) is 7.11 Å². The van der Waals surface area contributed by atoms with Gasteiger partial charge in [-0.15, -0.1) is 0 Å². The lowest BCUT2D eigenvalue weighted by Crippen LogP contribution is -2.41. The second kappa shape index (κ2) is 6.37. The molecule has 1 aliphatic carbocycles. The molecule has 2 N–H and O–H groups in total. The molecule has 1 saturated carbocycles. The number of rotatable bonds is 5. The second-order valence-corrected chi connectivity index (χ2v) is 5.83. The Hall–Kier alpha value is -1.39. The van der Waals surface area contributed by atoms with Crippen molar-refractivity contribution in [1.82, 2.24) is 5.32 Å². The fourth-order valence-corrected chi connectivity index (χ4v) is 2.89. The van der Waals surface area contributed by atoms with E-state index in [0.29, 0.717) is 11.6 Å². The molecule has 0 aliphatic heterocycles. The first kappa shape index (κ1) is 15.0. The van der Waals surface area contributed by atoms with Crippen LogP contribution in [0.3, 0.4) is 0 Å². The van der Waals surface area contributed by atoms with Gasteiger partial charge in [-0.2, -0.15) is 0 Å². The summed E-state index contributed by atoms with van der Waals surface area (Å²) in [6.45, 7) is 3.12. The molecule has 0 spiro atoms. The van der Waals surface area contributed by atoms with Crippen LogP contribution in [-0.2, 0) is 11.3 Å². The first-order valence-electron chi connectivity index (χ1n) is 7.10. The van der Waals surface area contributed by atoms with Crippen LogP contribution in [0.1, 0.15) is 42.1 Å². The Morgan fingerprint density at radius 3 is 2.75 bits per heavy atom. The SMILES string of the molecule is COC(=O)c1ccc(CN[C@@H]2CCC[C@]2(C)CO)cc1. The minimum Gasteiger partial charge on any atom is -0.465 e.